The highest BCUT2D eigenvalue weighted by atomic mass is 35.5. The fraction of sp³-hybridized carbons (Fsp3) is 0.333. The van der Waals surface area contributed by atoms with Crippen LogP contribution in [-0.4, -0.2) is 35.0 Å². The highest BCUT2D eigenvalue weighted by Crippen LogP contribution is 2.30. The maximum Gasteiger partial charge on any atom is 0.227 e. The van der Waals surface area contributed by atoms with E-state index in [1.54, 1.807) is 0 Å². The maximum atomic E-state index is 12.1. The van der Waals surface area contributed by atoms with Crippen LogP contribution in [-0.2, 0) is 4.79 Å². The van der Waals surface area contributed by atoms with Crippen LogP contribution in [0, 0.1) is 0 Å². The zero-order valence-corrected chi connectivity index (χ0v) is 15.5. The number of anilines is 1. The van der Waals surface area contributed by atoms with Crippen molar-refractivity contribution in [3.63, 3.8) is 0 Å². The molecule has 0 saturated carbocycles. The Labute approximate surface area is 154 Å². The molecule has 2 aromatic rings. The van der Waals surface area contributed by atoms with Crippen molar-refractivity contribution in [3.05, 3.63) is 34.7 Å². The SMILES string of the molecule is Cl.O=C(CC1CSCCN1)Nc1nc(-c2ccccc2Cl)cs1. The van der Waals surface area contributed by atoms with Gasteiger partial charge in [0.1, 0.15) is 0 Å². The number of thioether (sulfide) groups is 1. The molecular formula is C15H17Cl2N3OS2. The zero-order chi connectivity index (χ0) is 15.4. The van der Waals surface area contributed by atoms with E-state index in [9.17, 15) is 4.79 Å². The average Bonchev–Trinajstić information content (AvgIpc) is 2.97. The molecule has 1 atom stereocenters. The molecular weight excluding hydrogens is 373 g/mol. The third kappa shape index (κ3) is 5.09. The molecule has 2 heterocycles. The molecule has 0 spiro atoms. The summed E-state index contributed by atoms with van der Waals surface area (Å²) in [4.78, 5) is 16.5. The number of hydrogen-bond donors (Lipinski definition) is 2. The molecule has 0 bridgehead atoms. The van der Waals surface area contributed by atoms with Crippen molar-refractivity contribution in [2.45, 2.75) is 12.5 Å². The van der Waals surface area contributed by atoms with Gasteiger partial charge in [0.25, 0.3) is 0 Å². The average molecular weight is 390 g/mol. The Morgan fingerprint density at radius 3 is 3.00 bits per heavy atom. The van der Waals surface area contributed by atoms with E-state index in [-0.39, 0.29) is 24.4 Å². The fourth-order valence-corrected chi connectivity index (χ4v) is 4.18. The summed E-state index contributed by atoms with van der Waals surface area (Å²) in [6.45, 7) is 0.969. The van der Waals surface area contributed by atoms with E-state index in [1.807, 2.05) is 41.4 Å². The summed E-state index contributed by atoms with van der Waals surface area (Å²) in [7, 11) is 0. The molecule has 1 amide bonds. The van der Waals surface area contributed by atoms with E-state index >= 15 is 0 Å². The number of hydrogen-bond acceptors (Lipinski definition) is 5. The minimum Gasteiger partial charge on any atom is -0.312 e. The van der Waals surface area contributed by atoms with Gasteiger partial charge in [-0.3, -0.25) is 4.79 Å². The molecule has 1 aromatic heterocycles. The van der Waals surface area contributed by atoms with Crippen LogP contribution in [0.1, 0.15) is 6.42 Å². The van der Waals surface area contributed by atoms with Gasteiger partial charge in [0.2, 0.25) is 5.91 Å². The Morgan fingerprint density at radius 1 is 1.43 bits per heavy atom. The predicted molar refractivity (Wildman–Crippen MR) is 102 cm³/mol. The first-order valence-electron chi connectivity index (χ1n) is 7.04. The number of amides is 1. The lowest BCUT2D eigenvalue weighted by molar-refractivity contribution is -0.116. The summed E-state index contributed by atoms with van der Waals surface area (Å²) in [5.41, 5.74) is 1.67. The third-order valence-electron chi connectivity index (χ3n) is 3.33. The number of carbonyl (C=O) groups is 1. The number of rotatable bonds is 4. The Bertz CT molecular complexity index is 660. The highest BCUT2D eigenvalue weighted by molar-refractivity contribution is 7.99. The second kappa shape index (κ2) is 8.89. The number of carbonyl (C=O) groups excluding carboxylic acids is 1. The summed E-state index contributed by atoms with van der Waals surface area (Å²) in [5, 5.41) is 9.42. The number of aromatic nitrogens is 1. The Hall–Kier alpha value is -0.790. The van der Waals surface area contributed by atoms with Gasteiger partial charge < -0.3 is 10.6 Å². The molecule has 2 N–H and O–H groups in total. The van der Waals surface area contributed by atoms with E-state index in [2.05, 4.69) is 15.6 Å². The lowest BCUT2D eigenvalue weighted by atomic mass is 10.2. The molecule has 4 nitrogen and oxygen atoms in total. The largest absolute Gasteiger partial charge is 0.312 e. The van der Waals surface area contributed by atoms with Gasteiger partial charge in [0.15, 0.2) is 5.13 Å². The summed E-state index contributed by atoms with van der Waals surface area (Å²) in [5.74, 6) is 2.10. The highest BCUT2D eigenvalue weighted by Gasteiger charge is 2.17. The molecule has 1 aliphatic rings. The van der Waals surface area contributed by atoms with Crippen LogP contribution >= 0.6 is 47.1 Å². The number of benzene rings is 1. The Kier molecular flexibility index (Phi) is 7.17. The number of halogens is 2. The minimum absolute atomic E-state index is 0. The van der Waals surface area contributed by atoms with Gasteiger partial charge in [0.05, 0.1) is 5.69 Å². The van der Waals surface area contributed by atoms with Gasteiger partial charge >= 0.3 is 0 Å². The van der Waals surface area contributed by atoms with Crippen LogP contribution in [0.15, 0.2) is 29.6 Å². The van der Waals surface area contributed by atoms with Crippen molar-refractivity contribution < 1.29 is 4.79 Å². The van der Waals surface area contributed by atoms with Crippen LogP contribution in [0.4, 0.5) is 5.13 Å². The van der Waals surface area contributed by atoms with Gasteiger partial charge in [-0.2, -0.15) is 11.8 Å². The number of nitrogens with one attached hydrogen (secondary N) is 2. The predicted octanol–water partition coefficient (Wildman–Crippen LogP) is 3.92. The van der Waals surface area contributed by atoms with Gasteiger partial charge in [-0.15, -0.1) is 23.7 Å². The molecule has 3 rings (SSSR count). The van der Waals surface area contributed by atoms with E-state index < -0.39 is 0 Å². The monoisotopic (exact) mass is 389 g/mol. The second-order valence-corrected chi connectivity index (χ2v) is 7.41. The molecule has 0 radical (unpaired) electrons. The molecule has 1 aromatic carbocycles. The lowest BCUT2D eigenvalue weighted by Crippen LogP contribution is -2.39. The van der Waals surface area contributed by atoms with E-state index in [0.717, 1.165) is 29.3 Å². The first-order valence-corrected chi connectivity index (χ1v) is 9.45. The Balaban J connectivity index is 0.00000192. The molecule has 0 aliphatic carbocycles. The van der Waals surface area contributed by atoms with Crippen LogP contribution < -0.4 is 10.6 Å². The van der Waals surface area contributed by atoms with Crippen LogP contribution in [0.5, 0.6) is 0 Å². The van der Waals surface area contributed by atoms with Gasteiger partial charge in [0, 0.05) is 46.5 Å². The topological polar surface area (TPSA) is 54.0 Å². The third-order valence-corrected chi connectivity index (χ3v) is 5.55. The number of thiazole rings is 1. The van der Waals surface area contributed by atoms with E-state index in [4.69, 9.17) is 11.6 Å². The van der Waals surface area contributed by atoms with Crippen LogP contribution in [0.2, 0.25) is 5.02 Å². The summed E-state index contributed by atoms with van der Waals surface area (Å²) >= 11 is 9.47. The minimum atomic E-state index is 0. The van der Waals surface area contributed by atoms with Crippen LogP contribution in [0.25, 0.3) is 11.3 Å². The molecule has 23 heavy (non-hydrogen) atoms. The van der Waals surface area contributed by atoms with Crippen molar-refractivity contribution in [1.29, 1.82) is 0 Å². The maximum absolute atomic E-state index is 12.1. The fourth-order valence-electron chi connectivity index (χ4n) is 2.27. The molecule has 1 saturated heterocycles. The Morgan fingerprint density at radius 2 is 2.26 bits per heavy atom. The first-order chi connectivity index (χ1) is 10.7. The van der Waals surface area contributed by atoms with Crippen LogP contribution in [0.3, 0.4) is 0 Å². The van der Waals surface area contributed by atoms with E-state index in [0.29, 0.717) is 16.6 Å². The standard InChI is InChI=1S/C15H16ClN3OS2.ClH/c16-12-4-2-1-3-11(12)13-9-22-15(18-13)19-14(20)7-10-8-21-6-5-17-10;/h1-4,9-10,17H,5-8H2,(H,18,19,20);1H. The molecule has 8 heteroatoms. The normalized spacial score (nSPS) is 17.3. The smallest absolute Gasteiger partial charge is 0.227 e. The summed E-state index contributed by atoms with van der Waals surface area (Å²) in [6.07, 6.45) is 0.480. The zero-order valence-electron chi connectivity index (χ0n) is 12.3. The van der Waals surface area contributed by atoms with Crippen molar-refractivity contribution in [2.24, 2.45) is 0 Å². The van der Waals surface area contributed by atoms with Crippen molar-refractivity contribution in [2.75, 3.05) is 23.4 Å². The van der Waals surface area contributed by atoms with E-state index in [1.165, 1.54) is 11.3 Å². The van der Waals surface area contributed by atoms with Crippen molar-refractivity contribution in [3.8, 4) is 11.3 Å². The van der Waals surface area contributed by atoms with Gasteiger partial charge in [-0.25, -0.2) is 4.98 Å². The lowest BCUT2D eigenvalue weighted by Gasteiger charge is -2.22. The summed E-state index contributed by atoms with van der Waals surface area (Å²) in [6, 6.07) is 7.82. The molecule has 124 valence electrons. The molecule has 1 aliphatic heterocycles. The van der Waals surface area contributed by atoms with Crippen molar-refractivity contribution in [1.82, 2.24) is 10.3 Å². The van der Waals surface area contributed by atoms with Gasteiger partial charge in [-0.05, 0) is 6.07 Å². The van der Waals surface area contributed by atoms with Crippen molar-refractivity contribution >= 4 is 58.1 Å². The quantitative estimate of drug-likeness (QED) is 0.831. The second-order valence-electron chi connectivity index (χ2n) is 5.00. The molecule has 1 fully saturated rings. The summed E-state index contributed by atoms with van der Waals surface area (Å²) < 4.78 is 0. The molecule has 1 unspecified atom stereocenters. The van der Waals surface area contributed by atoms with Gasteiger partial charge in [-0.1, -0.05) is 29.8 Å². The first kappa shape index (κ1) is 18.5. The number of nitrogens with zero attached hydrogens (tertiary/aromatic N) is 1.